The molecule has 0 aromatic rings. The summed E-state index contributed by atoms with van der Waals surface area (Å²) in [6.45, 7) is 2.67. The number of aliphatic hydroxyl groups is 1. The van der Waals surface area contributed by atoms with E-state index in [-0.39, 0.29) is 0 Å². The lowest BCUT2D eigenvalue weighted by molar-refractivity contribution is 0.282. The first-order valence-electron chi connectivity index (χ1n) is 17.7. The van der Waals surface area contributed by atoms with E-state index in [9.17, 15) is 0 Å². The third kappa shape index (κ3) is 35.7. The van der Waals surface area contributed by atoms with Crippen LogP contribution in [0.15, 0.2) is 12.2 Å². The Morgan fingerprint density at radius 3 is 0.757 bits per heavy atom. The fourth-order valence-corrected chi connectivity index (χ4v) is 5.54. The van der Waals surface area contributed by atoms with E-state index >= 15 is 0 Å². The van der Waals surface area contributed by atoms with Gasteiger partial charge >= 0.3 is 0 Å². The second kappa shape index (κ2) is 35.7. The summed E-state index contributed by atoms with van der Waals surface area (Å²) in [6, 6.07) is 0. The zero-order valence-corrected chi connectivity index (χ0v) is 25.9. The molecular formula is C36H72O. The normalized spacial score (nSPS) is 11.7. The van der Waals surface area contributed by atoms with Crippen LogP contribution in [-0.4, -0.2) is 11.7 Å². The highest BCUT2D eigenvalue weighted by Crippen LogP contribution is 2.16. The first kappa shape index (κ1) is 36.7. The average molecular weight is 521 g/mol. The highest BCUT2D eigenvalue weighted by Gasteiger charge is 1.96. The fourth-order valence-electron chi connectivity index (χ4n) is 5.54. The molecule has 0 bridgehead atoms. The van der Waals surface area contributed by atoms with Gasteiger partial charge < -0.3 is 5.11 Å². The van der Waals surface area contributed by atoms with Crippen molar-refractivity contribution in [3.8, 4) is 0 Å². The molecule has 0 heterocycles. The SMILES string of the molecule is CCCCCCCC/C=C\CCCCCCCCCCCCCCCCCCCCCCCCCCO. The number of unbranched alkanes of at least 4 members (excludes halogenated alkanes) is 30. The molecule has 0 saturated heterocycles. The smallest absolute Gasteiger partial charge is 0.0431 e. The monoisotopic (exact) mass is 521 g/mol. The molecule has 1 heteroatoms. The van der Waals surface area contributed by atoms with E-state index in [4.69, 9.17) is 5.11 Å². The molecule has 0 atom stereocenters. The average Bonchev–Trinajstić information content (AvgIpc) is 2.91. The fraction of sp³-hybridized carbons (Fsp3) is 0.944. The number of hydrogen-bond donors (Lipinski definition) is 1. The molecule has 0 aliphatic heterocycles. The Bertz CT molecular complexity index is 401. The molecule has 1 N–H and O–H groups in total. The van der Waals surface area contributed by atoms with Gasteiger partial charge in [-0.05, 0) is 32.1 Å². The lowest BCUT2D eigenvalue weighted by atomic mass is 10.0. The minimum Gasteiger partial charge on any atom is -0.396 e. The Labute approximate surface area is 236 Å². The Balaban J connectivity index is 3.05. The van der Waals surface area contributed by atoms with Crippen LogP contribution in [0.2, 0.25) is 0 Å². The second-order valence-electron chi connectivity index (χ2n) is 12.0. The van der Waals surface area contributed by atoms with Crippen LogP contribution in [0.4, 0.5) is 0 Å². The Morgan fingerprint density at radius 2 is 0.514 bits per heavy atom. The van der Waals surface area contributed by atoms with Crippen LogP contribution in [0, 0.1) is 0 Å². The molecule has 222 valence electrons. The van der Waals surface area contributed by atoms with Crippen molar-refractivity contribution in [2.75, 3.05) is 6.61 Å². The first-order chi connectivity index (χ1) is 18.4. The van der Waals surface area contributed by atoms with Crippen molar-refractivity contribution in [2.24, 2.45) is 0 Å². The summed E-state index contributed by atoms with van der Waals surface area (Å²) in [6.07, 6.45) is 50.1. The van der Waals surface area contributed by atoms with Crippen LogP contribution in [-0.2, 0) is 0 Å². The van der Waals surface area contributed by atoms with Gasteiger partial charge in [-0.2, -0.15) is 0 Å². The largest absolute Gasteiger partial charge is 0.396 e. The third-order valence-electron chi connectivity index (χ3n) is 8.17. The molecule has 0 aromatic heterocycles. The molecule has 0 fully saturated rings. The summed E-state index contributed by atoms with van der Waals surface area (Å²) < 4.78 is 0. The van der Waals surface area contributed by atoms with Gasteiger partial charge in [-0.25, -0.2) is 0 Å². The molecule has 0 rings (SSSR count). The van der Waals surface area contributed by atoms with Crippen LogP contribution in [0.25, 0.3) is 0 Å². The van der Waals surface area contributed by atoms with Gasteiger partial charge in [-0.1, -0.05) is 192 Å². The van der Waals surface area contributed by atoms with Crippen molar-refractivity contribution in [3.63, 3.8) is 0 Å². The summed E-state index contributed by atoms with van der Waals surface area (Å²) >= 11 is 0. The van der Waals surface area contributed by atoms with Crippen molar-refractivity contribution in [1.29, 1.82) is 0 Å². The highest BCUT2D eigenvalue weighted by molar-refractivity contribution is 4.81. The summed E-state index contributed by atoms with van der Waals surface area (Å²) in [5, 5.41) is 8.78. The Kier molecular flexibility index (Phi) is 35.4. The number of hydrogen-bond acceptors (Lipinski definition) is 1. The van der Waals surface area contributed by atoms with Gasteiger partial charge in [-0.3, -0.25) is 0 Å². The number of aliphatic hydroxyl groups excluding tert-OH is 1. The van der Waals surface area contributed by atoms with Crippen LogP contribution in [0.3, 0.4) is 0 Å². The topological polar surface area (TPSA) is 20.2 Å². The summed E-state index contributed by atoms with van der Waals surface area (Å²) in [5.74, 6) is 0. The first-order valence-corrected chi connectivity index (χ1v) is 17.7. The van der Waals surface area contributed by atoms with Crippen molar-refractivity contribution >= 4 is 0 Å². The van der Waals surface area contributed by atoms with E-state index in [1.807, 2.05) is 0 Å². The molecule has 37 heavy (non-hydrogen) atoms. The molecular weight excluding hydrogens is 448 g/mol. The maximum absolute atomic E-state index is 8.78. The highest BCUT2D eigenvalue weighted by atomic mass is 16.2. The van der Waals surface area contributed by atoms with Crippen molar-refractivity contribution in [1.82, 2.24) is 0 Å². The van der Waals surface area contributed by atoms with Crippen molar-refractivity contribution in [3.05, 3.63) is 12.2 Å². The third-order valence-corrected chi connectivity index (χ3v) is 8.17. The maximum Gasteiger partial charge on any atom is 0.0431 e. The van der Waals surface area contributed by atoms with Gasteiger partial charge in [0, 0.05) is 6.61 Å². The number of allylic oxidation sites excluding steroid dienone is 2. The maximum atomic E-state index is 8.78. The van der Waals surface area contributed by atoms with Crippen LogP contribution >= 0.6 is 0 Å². The number of rotatable bonds is 33. The van der Waals surface area contributed by atoms with Crippen LogP contribution in [0.5, 0.6) is 0 Å². The zero-order valence-electron chi connectivity index (χ0n) is 25.9. The van der Waals surface area contributed by atoms with Gasteiger partial charge in [-0.15, -0.1) is 0 Å². The Morgan fingerprint density at radius 1 is 0.297 bits per heavy atom. The molecule has 0 spiro atoms. The van der Waals surface area contributed by atoms with Crippen LogP contribution < -0.4 is 0 Å². The van der Waals surface area contributed by atoms with Crippen molar-refractivity contribution in [2.45, 2.75) is 212 Å². The quantitative estimate of drug-likeness (QED) is 0.0673. The molecule has 0 saturated carbocycles. The van der Waals surface area contributed by atoms with Gasteiger partial charge in [0.05, 0.1) is 0 Å². The van der Waals surface area contributed by atoms with Gasteiger partial charge in [0.2, 0.25) is 0 Å². The molecule has 0 radical (unpaired) electrons. The molecule has 0 unspecified atom stereocenters. The van der Waals surface area contributed by atoms with E-state index in [0.29, 0.717) is 6.61 Å². The molecule has 0 aliphatic carbocycles. The lowest BCUT2D eigenvalue weighted by Crippen LogP contribution is -1.85. The van der Waals surface area contributed by atoms with Gasteiger partial charge in [0.1, 0.15) is 0 Å². The standard InChI is InChI=1S/C36H72O/c1-2-3-4-5-6-7-8-9-10-11-12-13-14-15-16-17-18-19-20-21-22-23-24-25-26-27-28-29-30-31-32-33-34-35-36-37/h9-10,37H,2-8,11-36H2,1H3/b10-9-. The van der Waals surface area contributed by atoms with E-state index < -0.39 is 0 Å². The predicted octanol–water partition coefficient (Wildman–Crippen LogP) is 13.0. The second-order valence-corrected chi connectivity index (χ2v) is 12.0. The minimum atomic E-state index is 0.373. The summed E-state index contributed by atoms with van der Waals surface area (Å²) in [4.78, 5) is 0. The molecule has 0 aromatic carbocycles. The Hall–Kier alpha value is -0.300. The van der Waals surface area contributed by atoms with E-state index in [0.717, 1.165) is 6.42 Å². The minimum absolute atomic E-state index is 0.373. The lowest BCUT2D eigenvalue weighted by Gasteiger charge is -2.04. The molecule has 0 amide bonds. The van der Waals surface area contributed by atoms with Crippen molar-refractivity contribution < 1.29 is 5.11 Å². The zero-order chi connectivity index (χ0) is 26.7. The van der Waals surface area contributed by atoms with Gasteiger partial charge in [0.15, 0.2) is 0 Å². The predicted molar refractivity (Wildman–Crippen MR) is 170 cm³/mol. The van der Waals surface area contributed by atoms with Gasteiger partial charge in [0.25, 0.3) is 0 Å². The van der Waals surface area contributed by atoms with E-state index in [2.05, 4.69) is 19.1 Å². The van der Waals surface area contributed by atoms with E-state index in [1.165, 1.54) is 199 Å². The summed E-state index contributed by atoms with van der Waals surface area (Å²) in [7, 11) is 0. The van der Waals surface area contributed by atoms with Crippen LogP contribution in [0.1, 0.15) is 212 Å². The molecule has 0 aliphatic rings. The summed E-state index contributed by atoms with van der Waals surface area (Å²) in [5.41, 5.74) is 0. The molecule has 1 nitrogen and oxygen atoms in total. The van der Waals surface area contributed by atoms with E-state index in [1.54, 1.807) is 0 Å².